The van der Waals surface area contributed by atoms with E-state index < -0.39 is 17.2 Å². The highest BCUT2D eigenvalue weighted by Crippen LogP contribution is 2.32. The molecule has 1 fully saturated rings. The fourth-order valence-electron chi connectivity index (χ4n) is 2.62. The summed E-state index contributed by atoms with van der Waals surface area (Å²) in [6.45, 7) is 9.58. The van der Waals surface area contributed by atoms with Crippen molar-refractivity contribution in [2.24, 2.45) is 5.41 Å². The van der Waals surface area contributed by atoms with E-state index in [1.165, 1.54) is 12.1 Å². The van der Waals surface area contributed by atoms with Gasteiger partial charge in [0.15, 0.2) is 0 Å². The van der Waals surface area contributed by atoms with Crippen LogP contribution in [0.4, 0.5) is 13.2 Å². The molecule has 0 N–H and O–H groups in total. The van der Waals surface area contributed by atoms with Crippen LogP contribution >= 0.6 is 0 Å². The predicted octanol–water partition coefficient (Wildman–Crippen LogP) is 3.89. The monoisotopic (exact) mass is 358 g/mol. The van der Waals surface area contributed by atoms with Gasteiger partial charge in [-0.05, 0) is 45.4 Å². The molecule has 1 aromatic carbocycles. The van der Waals surface area contributed by atoms with Gasteiger partial charge in [0.2, 0.25) is 0 Å². The summed E-state index contributed by atoms with van der Waals surface area (Å²) in [6, 6.07) is 5.31. The summed E-state index contributed by atoms with van der Waals surface area (Å²) in [7, 11) is 0. The van der Waals surface area contributed by atoms with E-state index in [1.807, 2.05) is 6.92 Å². The van der Waals surface area contributed by atoms with E-state index in [2.05, 4.69) is 4.90 Å². The van der Waals surface area contributed by atoms with Gasteiger partial charge in [-0.15, -0.1) is 5.06 Å². The lowest BCUT2D eigenvalue weighted by atomic mass is 9.98. The third-order valence-corrected chi connectivity index (χ3v) is 4.34. The molecule has 1 atom stereocenters. The zero-order chi connectivity index (χ0) is 18.8. The van der Waals surface area contributed by atoms with E-state index >= 15 is 0 Å². The molecule has 0 spiro atoms. The van der Waals surface area contributed by atoms with Crippen molar-refractivity contribution < 1.29 is 22.8 Å². The first kappa shape index (κ1) is 19.7. The Kier molecular flexibility index (Phi) is 5.79. The molecular formula is C18H25F3N2O2. The molecule has 7 heteroatoms. The number of nitrogens with zero attached hydrogens (tertiary/aromatic N) is 2. The van der Waals surface area contributed by atoms with Gasteiger partial charge in [-0.3, -0.25) is 4.90 Å². The highest BCUT2D eigenvalue weighted by Gasteiger charge is 2.32. The summed E-state index contributed by atoms with van der Waals surface area (Å²) in [5, 5.41) is 1.63. The number of hydrogen-bond donors (Lipinski definition) is 0. The van der Waals surface area contributed by atoms with Crippen LogP contribution in [0.5, 0.6) is 0 Å². The number of alkyl halides is 3. The first-order valence-corrected chi connectivity index (χ1v) is 8.37. The zero-order valence-electron chi connectivity index (χ0n) is 15.1. The highest BCUT2D eigenvalue weighted by atomic mass is 19.4. The van der Waals surface area contributed by atoms with Crippen LogP contribution in [0.15, 0.2) is 24.3 Å². The SMILES string of the molecule is CC(c1cccc(C(F)(F)F)c1)N1CCN(OC(=O)C(C)(C)C)CC1. The Hall–Kier alpha value is -1.60. The van der Waals surface area contributed by atoms with Gasteiger partial charge in [0.25, 0.3) is 0 Å². The van der Waals surface area contributed by atoms with Gasteiger partial charge in [-0.2, -0.15) is 13.2 Å². The molecule has 2 rings (SSSR count). The maximum absolute atomic E-state index is 12.9. The first-order valence-electron chi connectivity index (χ1n) is 8.37. The van der Waals surface area contributed by atoms with E-state index in [-0.39, 0.29) is 12.0 Å². The number of rotatable bonds is 3. The summed E-state index contributed by atoms with van der Waals surface area (Å²) < 4.78 is 38.6. The van der Waals surface area contributed by atoms with Gasteiger partial charge in [0.1, 0.15) is 0 Å². The lowest BCUT2D eigenvalue weighted by Gasteiger charge is -2.37. The topological polar surface area (TPSA) is 32.8 Å². The molecule has 0 saturated carbocycles. The minimum atomic E-state index is -4.34. The van der Waals surface area contributed by atoms with Crippen molar-refractivity contribution in [2.45, 2.75) is 39.9 Å². The van der Waals surface area contributed by atoms with Gasteiger partial charge >= 0.3 is 12.1 Å². The minimum absolute atomic E-state index is 0.136. The maximum atomic E-state index is 12.9. The minimum Gasteiger partial charge on any atom is -0.367 e. The summed E-state index contributed by atoms with van der Waals surface area (Å²) in [4.78, 5) is 19.4. The smallest absolute Gasteiger partial charge is 0.367 e. The zero-order valence-corrected chi connectivity index (χ0v) is 15.1. The molecule has 1 heterocycles. The molecule has 1 saturated heterocycles. The summed E-state index contributed by atoms with van der Waals surface area (Å²) in [5.41, 5.74) is -0.563. The van der Waals surface area contributed by atoms with Crippen LogP contribution in [0.2, 0.25) is 0 Å². The number of carbonyl (C=O) groups excluding carboxylic acids is 1. The molecule has 0 aromatic heterocycles. The lowest BCUT2D eigenvalue weighted by Crippen LogP contribution is -2.48. The standard InChI is InChI=1S/C18H25F3N2O2/c1-13(14-6-5-7-15(12-14)18(19,20)21)22-8-10-23(11-9-22)25-16(24)17(2,3)4/h5-7,12-13H,8-11H2,1-4H3. The largest absolute Gasteiger partial charge is 0.416 e. The van der Waals surface area contributed by atoms with Crippen LogP contribution < -0.4 is 0 Å². The van der Waals surface area contributed by atoms with Gasteiger partial charge in [0, 0.05) is 32.2 Å². The molecule has 1 aliphatic heterocycles. The van der Waals surface area contributed by atoms with E-state index in [9.17, 15) is 18.0 Å². The molecule has 4 nitrogen and oxygen atoms in total. The number of halogens is 3. The van der Waals surface area contributed by atoms with Crippen molar-refractivity contribution in [1.82, 2.24) is 9.96 Å². The van der Waals surface area contributed by atoms with Crippen molar-refractivity contribution in [3.05, 3.63) is 35.4 Å². The van der Waals surface area contributed by atoms with E-state index in [0.29, 0.717) is 31.7 Å². The number of hydrogen-bond acceptors (Lipinski definition) is 4. The molecule has 1 aromatic rings. The van der Waals surface area contributed by atoms with Crippen molar-refractivity contribution in [1.29, 1.82) is 0 Å². The van der Waals surface area contributed by atoms with Gasteiger partial charge in [0.05, 0.1) is 11.0 Å². The van der Waals surface area contributed by atoms with Crippen LogP contribution in [0.3, 0.4) is 0 Å². The third-order valence-electron chi connectivity index (χ3n) is 4.34. The summed E-state index contributed by atoms with van der Waals surface area (Å²) in [5.74, 6) is -0.285. The van der Waals surface area contributed by atoms with Crippen molar-refractivity contribution in [3.63, 3.8) is 0 Å². The van der Waals surface area contributed by atoms with Crippen molar-refractivity contribution >= 4 is 5.97 Å². The number of piperazine rings is 1. The normalized spacial score (nSPS) is 18.8. The predicted molar refractivity (Wildman–Crippen MR) is 88.6 cm³/mol. The second-order valence-corrected chi connectivity index (χ2v) is 7.39. The van der Waals surface area contributed by atoms with Crippen LogP contribution in [-0.4, -0.2) is 42.1 Å². The molecule has 0 bridgehead atoms. The molecule has 1 aliphatic rings. The highest BCUT2D eigenvalue weighted by molar-refractivity contribution is 5.75. The van der Waals surface area contributed by atoms with Crippen LogP contribution in [0.25, 0.3) is 0 Å². The summed E-state index contributed by atoms with van der Waals surface area (Å²) >= 11 is 0. The Morgan fingerprint density at radius 1 is 1.12 bits per heavy atom. The van der Waals surface area contributed by atoms with E-state index in [4.69, 9.17) is 4.84 Å². The second kappa shape index (κ2) is 7.33. The Balaban J connectivity index is 1.96. The third kappa shape index (κ3) is 5.19. The Morgan fingerprint density at radius 3 is 2.24 bits per heavy atom. The fourth-order valence-corrected chi connectivity index (χ4v) is 2.62. The molecule has 1 unspecified atom stereocenters. The Bertz CT molecular complexity index is 603. The number of benzene rings is 1. The molecular weight excluding hydrogens is 333 g/mol. The van der Waals surface area contributed by atoms with Gasteiger partial charge in [-0.1, -0.05) is 12.1 Å². The number of carbonyl (C=O) groups is 1. The second-order valence-electron chi connectivity index (χ2n) is 7.39. The molecule has 0 radical (unpaired) electrons. The van der Waals surface area contributed by atoms with Crippen LogP contribution in [0.1, 0.15) is 44.9 Å². The van der Waals surface area contributed by atoms with Crippen LogP contribution in [0, 0.1) is 5.41 Å². The van der Waals surface area contributed by atoms with Crippen LogP contribution in [-0.2, 0) is 15.8 Å². The quantitative estimate of drug-likeness (QED) is 0.821. The van der Waals surface area contributed by atoms with Crippen molar-refractivity contribution in [2.75, 3.05) is 26.2 Å². The first-order chi connectivity index (χ1) is 11.5. The van der Waals surface area contributed by atoms with Gasteiger partial charge in [-0.25, -0.2) is 4.79 Å². The molecule has 140 valence electrons. The average molecular weight is 358 g/mol. The van der Waals surface area contributed by atoms with Crippen molar-refractivity contribution in [3.8, 4) is 0 Å². The van der Waals surface area contributed by atoms with Gasteiger partial charge < -0.3 is 4.84 Å². The lowest BCUT2D eigenvalue weighted by molar-refractivity contribution is -0.207. The van der Waals surface area contributed by atoms with E-state index in [1.54, 1.807) is 31.9 Å². The fraction of sp³-hybridized carbons (Fsp3) is 0.611. The summed E-state index contributed by atoms with van der Waals surface area (Å²) in [6.07, 6.45) is -4.34. The average Bonchev–Trinajstić information content (AvgIpc) is 2.53. The Labute approximate surface area is 146 Å². The molecule has 0 aliphatic carbocycles. The Morgan fingerprint density at radius 2 is 1.72 bits per heavy atom. The van der Waals surface area contributed by atoms with E-state index in [0.717, 1.165) is 6.07 Å². The maximum Gasteiger partial charge on any atom is 0.416 e. The number of hydroxylamine groups is 2. The molecule has 0 amide bonds. The molecule has 25 heavy (non-hydrogen) atoms.